The number of rotatable bonds is 5. The van der Waals surface area contributed by atoms with Crippen LogP contribution < -0.4 is 4.74 Å². The summed E-state index contributed by atoms with van der Waals surface area (Å²) in [6.07, 6.45) is 0. The Morgan fingerprint density at radius 2 is 1.79 bits per heavy atom. The highest BCUT2D eigenvalue weighted by molar-refractivity contribution is 6.32. The quantitative estimate of drug-likeness (QED) is 0.456. The second kappa shape index (κ2) is 6.92. The van der Waals surface area contributed by atoms with Gasteiger partial charge < -0.3 is 9.47 Å². The lowest BCUT2D eigenvalue weighted by atomic mass is 10.1. The van der Waals surface area contributed by atoms with Crippen molar-refractivity contribution in [2.75, 3.05) is 7.11 Å². The SMILES string of the molecule is COC(=O)c1cc(Oc2ccc([N+](=O)[O-])cc2Cl)ccc1[N+](=O)[O-]. The molecule has 0 aliphatic rings. The summed E-state index contributed by atoms with van der Waals surface area (Å²) in [4.78, 5) is 31.9. The third kappa shape index (κ3) is 3.58. The zero-order valence-electron chi connectivity index (χ0n) is 12.1. The van der Waals surface area contributed by atoms with E-state index in [-0.39, 0.29) is 27.8 Å². The largest absolute Gasteiger partial charge is 0.465 e. The molecule has 0 amide bonds. The van der Waals surface area contributed by atoms with Crippen molar-refractivity contribution in [1.29, 1.82) is 0 Å². The van der Waals surface area contributed by atoms with Crippen LogP contribution in [-0.4, -0.2) is 22.9 Å². The molecule has 2 rings (SSSR count). The van der Waals surface area contributed by atoms with E-state index in [1.54, 1.807) is 0 Å². The summed E-state index contributed by atoms with van der Waals surface area (Å²) in [7, 11) is 1.09. The Kier molecular flexibility index (Phi) is 4.95. The molecule has 0 spiro atoms. The molecule has 0 bridgehead atoms. The van der Waals surface area contributed by atoms with Crippen molar-refractivity contribution in [3.05, 3.63) is 67.2 Å². The number of hydrogen-bond acceptors (Lipinski definition) is 7. The van der Waals surface area contributed by atoms with Gasteiger partial charge in [0.05, 0.1) is 22.0 Å². The number of nitrogens with zero attached hydrogens (tertiary/aromatic N) is 2. The van der Waals surface area contributed by atoms with Crippen molar-refractivity contribution in [3.63, 3.8) is 0 Å². The van der Waals surface area contributed by atoms with Crippen molar-refractivity contribution >= 4 is 28.9 Å². The van der Waals surface area contributed by atoms with Gasteiger partial charge in [-0.15, -0.1) is 0 Å². The minimum atomic E-state index is -0.901. The highest BCUT2D eigenvalue weighted by Gasteiger charge is 2.22. The number of methoxy groups -OCH3 is 1. The van der Waals surface area contributed by atoms with Crippen molar-refractivity contribution in [2.45, 2.75) is 0 Å². The molecule has 0 saturated heterocycles. The van der Waals surface area contributed by atoms with Gasteiger partial charge in [0.1, 0.15) is 17.1 Å². The Morgan fingerprint density at radius 1 is 1.08 bits per heavy atom. The number of non-ortho nitro benzene ring substituents is 1. The van der Waals surface area contributed by atoms with Crippen LogP contribution in [-0.2, 0) is 4.74 Å². The summed E-state index contributed by atoms with van der Waals surface area (Å²) in [5.74, 6) is -0.731. The fourth-order valence-corrected chi connectivity index (χ4v) is 2.04. The molecule has 24 heavy (non-hydrogen) atoms. The number of nitro groups is 2. The van der Waals surface area contributed by atoms with E-state index in [2.05, 4.69) is 4.74 Å². The number of carbonyl (C=O) groups excluding carboxylic acids is 1. The van der Waals surface area contributed by atoms with Gasteiger partial charge in [0.15, 0.2) is 0 Å². The summed E-state index contributed by atoms with van der Waals surface area (Å²) in [6.45, 7) is 0. The molecule has 0 aromatic heterocycles. The molecule has 0 unspecified atom stereocenters. The van der Waals surface area contributed by atoms with Crippen LogP contribution in [0, 0.1) is 20.2 Å². The number of hydrogen-bond donors (Lipinski definition) is 0. The van der Waals surface area contributed by atoms with Crippen LogP contribution in [0.15, 0.2) is 36.4 Å². The van der Waals surface area contributed by atoms with Gasteiger partial charge in [-0.1, -0.05) is 11.6 Å². The lowest BCUT2D eigenvalue weighted by Gasteiger charge is -2.09. The average Bonchev–Trinajstić information content (AvgIpc) is 2.55. The first kappa shape index (κ1) is 17.2. The molecule has 9 nitrogen and oxygen atoms in total. The molecule has 0 aliphatic carbocycles. The topological polar surface area (TPSA) is 122 Å². The van der Waals surface area contributed by atoms with Crippen LogP contribution in [0.2, 0.25) is 5.02 Å². The Hall–Kier alpha value is -3.20. The molecule has 10 heteroatoms. The Bertz CT molecular complexity index is 838. The first-order valence-corrected chi connectivity index (χ1v) is 6.70. The van der Waals surface area contributed by atoms with Gasteiger partial charge in [-0.2, -0.15) is 0 Å². The van der Waals surface area contributed by atoms with E-state index in [4.69, 9.17) is 16.3 Å². The zero-order valence-corrected chi connectivity index (χ0v) is 12.9. The van der Waals surface area contributed by atoms with Crippen molar-refractivity contribution in [1.82, 2.24) is 0 Å². The molecule has 0 N–H and O–H groups in total. The van der Waals surface area contributed by atoms with E-state index in [1.165, 1.54) is 18.2 Å². The van der Waals surface area contributed by atoms with Gasteiger partial charge in [0, 0.05) is 24.3 Å². The first-order valence-electron chi connectivity index (χ1n) is 6.32. The predicted molar refractivity (Wildman–Crippen MR) is 82.6 cm³/mol. The molecule has 2 aromatic carbocycles. The van der Waals surface area contributed by atoms with Gasteiger partial charge in [-0.05, 0) is 12.1 Å². The van der Waals surface area contributed by atoms with Gasteiger partial charge in [-0.25, -0.2) is 4.79 Å². The van der Waals surface area contributed by atoms with Crippen molar-refractivity contribution in [2.24, 2.45) is 0 Å². The van der Waals surface area contributed by atoms with Crippen LogP contribution in [0.3, 0.4) is 0 Å². The average molecular weight is 353 g/mol. The minimum absolute atomic E-state index is 0.0258. The van der Waals surface area contributed by atoms with Gasteiger partial charge in [0.2, 0.25) is 0 Å². The van der Waals surface area contributed by atoms with Crippen molar-refractivity contribution < 1.29 is 24.1 Å². The third-order valence-corrected chi connectivity index (χ3v) is 3.22. The zero-order chi connectivity index (χ0) is 17.9. The van der Waals surface area contributed by atoms with E-state index in [1.807, 2.05) is 0 Å². The van der Waals surface area contributed by atoms with Crippen LogP contribution in [0.5, 0.6) is 11.5 Å². The monoisotopic (exact) mass is 352 g/mol. The summed E-state index contributed by atoms with van der Waals surface area (Å²) in [5, 5.41) is 21.6. The van der Waals surface area contributed by atoms with Crippen LogP contribution >= 0.6 is 11.6 Å². The Balaban J connectivity index is 2.38. The molecule has 0 heterocycles. The highest BCUT2D eigenvalue weighted by atomic mass is 35.5. The highest BCUT2D eigenvalue weighted by Crippen LogP contribution is 2.34. The number of benzene rings is 2. The summed E-state index contributed by atoms with van der Waals surface area (Å²) >= 11 is 5.91. The summed E-state index contributed by atoms with van der Waals surface area (Å²) in [5.41, 5.74) is -0.951. The van der Waals surface area contributed by atoms with Crippen LogP contribution in [0.1, 0.15) is 10.4 Å². The molecule has 124 valence electrons. The normalized spacial score (nSPS) is 10.1. The summed E-state index contributed by atoms with van der Waals surface area (Å²) in [6, 6.07) is 7.04. The summed E-state index contributed by atoms with van der Waals surface area (Å²) < 4.78 is 9.93. The number of ether oxygens (including phenoxy) is 2. The fourth-order valence-electron chi connectivity index (χ4n) is 1.82. The number of halogens is 1. The third-order valence-electron chi connectivity index (χ3n) is 2.92. The van der Waals surface area contributed by atoms with Crippen LogP contribution in [0.25, 0.3) is 0 Å². The van der Waals surface area contributed by atoms with Gasteiger partial charge >= 0.3 is 5.97 Å². The second-order valence-electron chi connectivity index (χ2n) is 4.40. The van der Waals surface area contributed by atoms with Gasteiger partial charge in [0.25, 0.3) is 11.4 Å². The predicted octanol–water partition coefficient (Wildman–Crippen LogP) is 3.74. The molecule has 0 saturated carbocycles. The first-order chi connectivity index (χ1) is 11.3. The van der Waals surface area contributed by atoms with Crippen LogP contribution in [0.4, 0.5) is 11.4 Å². The number of esters is 1. The van der Waals surface area contributed by atoms with Crippen molar-refractivity contribution in [3.8, 4) is 11.5 Å². The molecule has 0 fully saturated rings. The maximum atomic E-state index is 11.6. The van der Waals surface area contributed by atoms with E-state index in [0.29, 0.717) is 0 Å². The van der Waals surface area contributed by atoms with E-state index in [9.17, 15) is 25.0 Å². The molecular weight excluding hydrogens is 344 g/mol. The Morgan fingerprint density at radius 3 is 2.33 bits per heavy atom. The minimum Gasteiger partial charge on any atom is -0.465 e. The van der Waals surface area contributed by atoms with E-state index >= 15 is 0 Å². The molecule has 0 atom stereocenters. The van der Waals surface area contributed by atoms with Gasteiger partial charge in [-0.3, -0.25) is 20.2 Å². The Labute approximate surface area is 139 Å². The maximum Gasteiger partial charge on any atom is 0.345 e. The lowest BCUT2D eigenvalue weighted by Crippen LogP contribution is -2.05. The standard InChI is InChI=1S/C14H9ClN2O7/c1-23-14(18)10-7-9(3-4-12(10)17(21)22)24-13-5-2-8(16(19)20)6-11(13)15/h2-7H,1H3. The van der Waals surface area contributed by atoms with E-state index < -0.39 is 21.5 Å². The second-order valence-corrected chi connectivity index (χ2v) is 4.81. The fraction of sp³-hybridized carbons (Fsp3) is 0.0714. The number of nitro benzene ring substituents is 2. The maximum absolute atomic E-state index is 11.6. The number of carbonyl (C=O) groups is 1. The smallest absolute Gasteiger partial charge is 0.345 e. The van der Waals surface area contributed by atoms with E-state index in [0.717, 1.165) is 25.3 Å². The lowest BCUT2D eigenvalue weighted by molar-refractivity contribution is -0.385. The molecule has 0 aliphatic heterocycles. The molecular formula is C14H9ClN2O7. The molecule has 2 aromatic rings. The molecule has 0 radical (unpaired) electrons.